The summed E-state index contributed by atoms with van der Waals surface area (Å²) in [5.41, 5.74) is 0. The van der Waals surface area contributed by atoms with Gasteiger partial charge >= 0.3 is 0 Å². The van der Waals surface area contributed by atoms with Crippen molar-refractivity contribution in [3.8, 4) is 0 Å². The summed E-state index contributed by atoms with van der Waals surface area (Å²) in [5.74, 6) is 1.69. The minimum atomic E-state index is 0.464. The van der Waals surface area contributed by atoms with Crippen molar-refractivity contribution in [1.82, 2.24) is 24.7 Å². The topological polar surface area (TPSA) is 48.7 Å². The lowest BCUT2D eigenvalue weighted by molar-refractivity contribution is 0.186. The molecule has 1 aromatic heterocycles. The zero-order valence-corrected chi connectivity index (χ0v) is 15.5. The summed E-state index contributed by atoms with van der Waals surface area (Å²) in [5, 5.41) is 3.59. The molecule has 1 aliphatic heterocycles. The molecule has 3 rings (SSSR count). The van der Waals surface area contributed by atoms with Gasteiger partial charge in [-0.1, -0.05) is 6.92 Å². The highest BCUT2D eigenvalue weighted by molar-refractivity contribution is 5.80. The molecule has 6 heteroatoms. The number of imidazole rings is 1. The first kappa shape index (κ1) is 17.3. The van der Waals surface area contributed by atoms with E-state index in [9.17, 15) is 0 Å². The number of rotatable bonds is 5. The predicted octanol–water partition coefficient (Wildman–Crippen LogP) is 1.82. The van der Waals surface area contributed by atoms with E-state index in [1.807, 2.05) is 19.6 Å². The highest BCUT2D eigenvalue weighted by atomic mass is 15.3. The summed E-state index contributed by atoms with van der Waals surface area (Å²) >= 11 is 0. The van der Waals surface area contributed by atoms with Gasteiger partial charge in [0, 0.05) is 51.2 Å². The Morgan fingerprint density at radius 2 is 2.21 bits per heavy atom. The molecule has 0 radical (unpaired) electrons. The third kappa shape index (κ3) is 3.91. The molecule has 3 atom stereocenters. The van der Waals surface area contributed by atoms with Crippen LogP contribution in [0.15, 0.2) is 23.7 Å². The Morgan fingerprint density at radius 3 is 2.83 bits per heavy atom. The molecule has 1 saturated carbocycles. The summed E-state index contributed by atoms with van der Waals surface area (Å²) in [6.45, 7) is 7.64. The SMILES string of the molecule is CN=C(NCC(C)N(C)C1CC1)N1CCC(C)C(n2ccnc2)C1. The number of nitrogens with zero attached hydrogens (tertiary/aromatic N) is 5. The van der Waals surface area contributed by atoms with Gasteiger partial charge in [-0.25, -0.2) is 4.98 Å². The van der Waals surface area contributed by atoms with Crippen LogP contribution in [0.5, 0.6) is 0 Å². The summed E-state index contributed by atoms with van der Waals surface area (Å²) in [4.78, 5) is 13.6. The Labute approximate surface area is 145 Å². The lowest BCUT2D eigenvalue weighted by atomic mass is 9.93. The second kappa shape index (κ2) is 7.55. The number of likely N-dealkylation sites (N-methyl/N-ethyl adjacent to an activating group) is 1. The number of aromatic nitrogens is 2. The maximum absolute atomic E-state index is 4.53. The molecule has 1 aromatic rings. The molecule has 1 N–H and O–H groups in total. The first-order valence-corrected chi connectivity index (χ1v) is 9.25. The van der Waals surface area contributed by atoms with Gasteiger partial charge < -0.3 is 14.8 Å². The highest BCUT2D eigenvalue weighted by Crippen LogP contribution is 2.28. The van der Waals surface area contributed by atoms with Crippen LogP contribution in [0, 0.1) is 5.92 Å². The van der Waals surface area contributed by atoms with Crippen molar-refractivity contribution in [3.05, 3.63) is 18.7 Å². The van der Waals surface area contributed by atoms with Crippen LogP contribution in [0.4, 0.5) is 0 Å². The van der Waals surface area contributed by atoms with Gasteiger partial charge in [0.2, 0.25) is 0 Å². The summed E-state index contributed by atoms with van der Waals surface area (Å²) < 4.78 is 2.24. The normalized spacial score (nSPS) is 26.7. The third-order valence-electron chi connectivity index (χ3n) is 5.71. The van der Waals surface area contributed by atoms with E-state index in [0.29, 0.717) is 18.0 Å². The monoisotopic (exact) mass is 332 g/mol. The van der Waals surface area contributed by atoms with Crippen LogP contribution in [0.3, 0.4) is 0 Å². The first-order valence-electron chi connectivity index (χ1n) is 9.25. The summed E-state index contributed by atoms with van der Waals surface area (Å²) in [6.07, 6.45) is 9.77. The van der Waals surface area contributed by atoms with Crippen LogP contribution in [0.1, 0.15) is 39.2 Å². The van der Waals surface area contributed by atoms with Crippen LogP contribution in [0.25, 0.3) is 0 Å². The molecule has 3 unspecified atom stereocenters. The Morgan fingerprint density at radius 1 is 1.42 bits per heavy atom. The number of hydrogen-bond donors (Lipinski definition) is 1. The van der Waals surface area contributed by atoms with Crippen LogP contribution < -0.4 is 5.32 Å². The van der Waals surface area contributed by atoms with E-state index in [4.69, 9.17) is 0 Å². The van der Waals surface area contributed by atoms with E-state index in [-0.39, 0.29) is 0 Å². The minimum absolute atomic E-state index is 0.464. The quantitative estimate of drug-likeness (QED) is 0.660. The van der Waals surface area contributed by atoms with Gasteiger partial charge in [-0.15, -0.1) is 0 Å². The second-order valence-electron chi connectivity index (χ2n) is 7.46. The van der Waals surface area contributed by atoms with Crippen LogP contribution in [-0.4, -0.2) is 71.1 Å². The van der Waals surface area contributed by atoms with Gasteiger partial charge in [0.25, 0.3) is 0 Å². The average Bonchev–Trinajstić information content (AvgIpc) is 3.30. The van der Waals surface area contributed by atoms with Crippen molar-refractivity contribution in [2.24, 2.45) is 10.9 Å². The van der Waals surface area contributed by atoms with Crippen molar-refractivity contribution < 1.29 is 0 Å². The Bertz CT molecular complexity index is 536. The highest BCUT2D eigenvalue weighted by Gasteiger charge is 2.31. The molecule has 134 valence electrons. The molecular formula is C18H32N6. The Balaban J connectivity index is 1.56. The Kier molecular flexibility index (Phi) is 5.43. The molecule has 6 nitrogen and oxygen atoms in total. The van der Waals surface area contributed by atoms with E-state index >= 15 is 0 Å². The van der Waals surface area contributed by atoms with Crippen molar-refractivity contribution in [1.29, 1.82) is 0 Å². The standard InChI is InChI=1S/C18H32N6/c1-14-7-9-23(12-17(14)24-10-8-20-13-24)18(19-3)21-11-15(2)22(4)16-5-6-16/h8,10,13-17H,5-7,9,11-12H2,1-4H3,(H,19,21). The fourth-order valence-electron chi connectivity index (χ4n) is 3.65. The minimum Gasteiger partial charge on any atom is -0.355 e. The fourth-order valence-corrected chi connectivity index (χ4v) is 3.65. The molecule has 0 aromatic carbocycles. The van der Waals surface area contributed by atoms with E-state index < -0.39 is 0 Å². The van der Waals surface area contributed by atoms with Crippen molar-refractivity contribution in [2.75, 3.05) is 33.7 Å². The van der Waals surface area contributed by atoms with E-state index in [1.165, 1.54) is 19.3 Å². The molecule has 2 heterocycles. The zero-order chi connectivity index (χ0) is 17.1. The summed E-state index contributed by atoms with van der Waals surface area (Å²) in [7, 11) is 4.13. The average molecular weight is 332 g/mol. The van der Waals surface area contributed by atoms with Gasteiger partial charge in [-0.2, -0.15) is 0 Å². The van der Waals surface area contributed by atoms with E-state index in [2.05, 4.69) is 56.8 Å². The molecule has 2 fully saturated rings. The van der Waals surface area contributed by atoms with Gasteiger partial charge in [0.15, 0.2) is 5.96 Å². The van der Waals surface area contributed by atoms with Gasteiger partial charge in [0.1, 0.15) is 0 Å². The van der Waals surface area contributed by atoms with Gasteiger partial charge in [-0.05, 0) is 39.2 Å². The lowest BCUT2D eigenvalue weighted by Crippen LogP contribution is -2.51. The maximum Gasteiger partial charge on any atom is 0.193 e. The van der Waals surface area contributed by atoms with Crippen LogP contribution >= 0.6 is 0 Å². The molecule has 1 aliphatic carbocycles. The number of guanidine groups is 1. The third-order valence-corrected chi connectivity index (χ3v) is 5.71. The number of piperidine rings is 1. The molecular weight excluding hydrogens is 300 g/mol. The second-order valence-corrected chi connectivity index (χ2v) is 7.46. The fraction of sp³-hybridized carbons (Fsp3) is 0.778. The number of aliphatic imine (C=N–C) groups is 1. The van der Waals surface area contributed by atoms with Crippen molar-refractivity contribution in [3.63, 3.8) is 0 Å². The van der Waals surface area contributed by atoms with E-state index in [1.54, 1.807) is 0 Å². The van der Waals surface area contributed by atoms with Crippen LogP contribution in [0.2, 0.25) is 0 Å². The Hall–Kier alpha value is -1.56. The number of nitrogens with one attached hydrogen (secondary N) is 1. The zero-order valence-electron chi connectivity index (χ0n) is 15.5. The number of hydrogen-bond acceptors (Lipinski definition) is 3. The van der Waals surface area contributed by atoms with E-state index in [0.717, 1.165) is 31.6 Å². The molecule has 0 spiro atoms. The van der Waals surface area contributed by atoms with Gasteiger partial charge in [0.05, 0.1) is 12.4 Å². The smallest absolute Gasteiger partial charge is 0.193 e. The van der Waals surface area contributed by atoms with Crippen molar-refractivity contribution >= 4 is 5.96 Å². The number of likely N-dealkylation sites (tertiary alicyclic amines) is 1. The summed E-state index contributed by atoms with van der Waals surface area (Å²) in [6, 6.07) is 1.79. The first-order chi connectivity index (χ1) is 11.6. The molecule has 1 saturated heterocycles. The van der Waals surface area contributed by atoms with Crippen LogP contribution in [-0.2, 0) is 0 Å². The molecule has 0 amide bonds. The molecule has 24 heavy (non-hydrogen) atoms. The molecule has 2 aliphatic rings. The maximum atomic E-state index is 4.53. The predicted molar refractivity (Wildman–Crippen MR) is 98.2 cm³/mol. The largest absolute Gasteiger partial charge is 0.355 e. The molecule has 0 bridgehead atoms. The van der Waals surface area contributed by atoms with Gasteiger partial charge in [-0.3, -0.25) is 9.89 Å². The van der Waals surface area contributed by atoms with Crippen molar-refractivity contribution in [2.45, 2.75) is 51.2 Å². The lowest BCUT2D eigenvalue weighted by Gasteiger charge is -2.39.